The first-order valence-corrected chi connectivity index (χ1v) is 10.4. The lowest BCUT2D eigenvalue weighted by Gasteiger charge is -2.30. The number of rotatable bonds is 6. The standard InChI is InChI=1S/C18H25N5O3S/c1-12(2)16(10-24)22-17-8-18(21-11-20-17)23-6-5-13-3-4-15(27(19,25)26)7-14(13)9-23/h3-4,7-8,11-12,16,24H,5-6,9-10H2,1-2H3,(H2,19,25,26)(H,20,21,22)/t16-/m1/s1. The van der Waals surface area contributed by atoms with E-state index >= 15 is 0 Å². The zero-order valence-electron chi connectivity index (χ0n) is 15.5. The number of benzene rings is 1. The summed E-state index contributed by atoms with van der Waals surface area (Å²) in [5.41, 5.74) is 2.04. The molecular weight excluding hydrogens is 366 g/mol. The lowest BCUT2D eigenvalue weighted by Crippen LogP contribution is -2.32. The van der Waals surface area contributed by atoms with Gasteiger partial charge in [-0.25, -0.2) is 23.5 Å². The molecule has 0 spiro atoms. The molecular formula is C18H25N5O3S. The van der Waals surface area contributed by atoms with E-state index in [1.807, 2.05) is 26.0 Å². The fourth-order valence-corrected chi connectivity index (χ4v) is 3.68. The Hall–Kier alpha value is -2.23. The van der Waals surface area contributed by atoms with Crippen LogP contribution in [-0.4, -0.2) is 42.7 Å². The molecule has 0 saturated carbocycles. The summed E-state index contributed by atoms with van der Waals surface area (Å²) in [5.74, 6) is 1.66. The van der Waals surface area contributed by atoms with Gasteiger partial charge in [0.05, 0.1) is 17.5 Å². The Labute approximate surface area is 159 Å². The van der Waals surface area contributed by atoms with Crippen molar-refractivity contribution in [3.63, 3.8) is 0 Å². The van der Waals surface area contributed by atoms with E-state index in [4.69, 9.17) is 5.14 Å². The lowest BCUT2D eigenvalue weighted by molar-refractivity contribution is 0.249. The van der Waals surface area contributed by atoms with Crippen molar-refractivity contribution in [2.24, 2.45) is 11.1 Å². The normalized spacial score (nSPS) is 15.5. The van der Waals surface area contributed by atoms with Crippen LogP contribution in [0.1, 0.15) is 25.0 Å². The summed E-state index contributed by atoms with van der Waals surface area (Å²) in [7, 11) is -3.73. The third-order valence-electron chi connectivity index (χ3n) is 4.83. The van der Waals surface area contributed by atoms with Crippen LogP contribution in [0.25, 0.3) is 0 Å². The summed E-state index contributed by atoms with van der Waals surface area (Å²) in [6.07, 6.45) is 2.28. The summed E-state index contributed by atoms with van der Waals surface area (Å²) in [5, 5.41) is 18.0. The van der Waals surface area contributed by atoms with E-state index in [0.717, 1.165) is 29.9 Å². The molecule has 0 radical (unpaired) electrons. The second-order valence-electron chi connectivity index (χ2n) is 7.09. The average molecular weight is 391 g/mol. The predicted molar refractivity (Wildman–Crippen MR) is 104 cm³/mol. The maximum Gasteiger partial charge on any atom is 0.238 e. The smallest absolute Gasteiger partial charge is 0.238 e. The van der Waals surface area contributed by atoms with Crippen LogP contribution in [0.3, 0.4) is 0 Å². The van der Waals surface area contributed by atoms with Crippen LogP contribution in [0.2, 0.25) is 0 Å². The fourth-order valence-electron chi connectivity index (χ4n) is 3.12. The van der Waals surface area contributed by atoms with E-state index in [-0.39, 0.29) is 23.5 Å². The molecule has 4 N–H and O–H groups in total. The highest BCUT2D eigenvalue weighted by Crippen LogP contribution is 2.26. The van der Waals surface area contributed by atoms with Crippen LogP contribution in [0.5, 0.6) is 0 Å². The third-order valence-corrected chi connectivity index (χ3v) is 5.74. The average Bonchev–Trinajstić information content (AvgIpc) is 2.64. The van der Waals surface area contributed by atoms with Gasteiger partial charge in [-0.2, -0.15) is 0 Å². The second-order valence-corrected chi connectivity index (χ2v) is 8.65. The van der Waals surface area contributed by atoms with Gasteiger partial charge in [0, 0.05) is 19.2 Å². The Kier molecular flexibility index (Phi) is 5.64. The minimum atomic E-state index is -3.73. The highest BCUT2D eigenvalue weighted by molar-refractivity contribution is 7.89. The quantitative estimate of drug-likeness (QED) is 0.674. The topological polar surface area (TPSA) is 121 Å². The number of fused-ring (bicyclic) bond motifs is 1. The van der Waals surface area contributed by atoms with E-state index in [9.17, 15) is 13.5 Å². The molecule has 27 heavy (non-hydrogen) atoms. The second kappa shape index (κ2) is 7.79. The van der Waals surface area contributed by atoms with Crippen LogP contribution < -0.4 is 15.4 Å². The molecule has 0 unspecified atom stereocenters. The van der Waals surface area contributed by atoms with Gasteiger partial charge in [-0.1, -0.05) is 19.9 Å². The van der Waals surface area contributed by atoms with E-state index < -0.39 is 10.0 Å². The molecule has 0 fully saturated rings. The molecule has 8 nitrogen and oxygen atoms in total. The van der Waals surface area contributed by atoms with Crippen LogP contribution in [0.15, 0.2) is 35.5 Å². The summed E-state index contributed by atoms with van der Waals surface area (Å²) in [6.45, 7) is 5.39. The minimum absolute atomic E-state index is 0.0183. The lowest BCUT2D eigenvalue weighted by atomic mass is 10.00. The molecule has 1 aromatic heterocycles. The highest BCUT2D eigenvalue weighted by atomic mass is 32.2. The Balaban J connectivity index is 1.82. The van der Waals surface area contributed by atoms with E-state index in [1.165, 1.54) is 6.33 Å². The Morgan fingerprint density at radius 1 is 1.26 bits per heavy atom. The van der Waals surface area contributed by atoms with Gasteiger partial charge in [-0.05, 0) is 35.6 Å². The molecule has 0 aliphatic carbocycles. The van der Waals surface area contributed by atoms with Crippen LogP contribution in [0, 0.1) is 5.92 Å². The molecule has 0 amide bonds. The van der Waals surface area contributed by atoms with Crippen molar-refractivity contribution in [1.82, 2.24) is 9.97 Å². The molecule has 1 aliphatic heterocycles. The SMILES string of the molecule is CC(C)[C@@H](CO)Nc1cc(N2CCc3ccc(S(N)(=O)=O)cc3C2)ncn1. The number of nitrogens with zero attached hydrogens (tertiary/aromatic N) is 3. The molecule has 2 heterocycles. The van der Waals surface area contributed by atoms with Crippen LogP contribution in [-0.2, 0) is 23.0 Å². The van der Waals surface area contributed by atoms with Gasteiger partial charge in [0.15, 0.2) is 0 Å². The number of aliphatic hydroxyl groups excluding tert-OH is 1. The van der Waals surface area contributed by atoms with Crippen LogP contribution in [0.4, 0.5) is 11.6 Å². The minimum Gasteiger partial charge on any atom is -0.394 e. The molecule has 0 bridgehead atoms. The maximum absolute atomic E-state index is 11.6. The highest BCUT2D eigenvalue weighted by Gasteiger charge is 2.21. The summed E-state index contributed by atoms with van der Waals surface area (Å²) < 4.78 is 23.2. The van der Waals surface area contributed by atoms with Gasteiger partial charge >= 0.3 is 0 Å². The summed E-state index contributed by atoms with van der Waals surface area (Å²) in [6, 6.07) is 6.77. The van der Waals surface area contributed by atoms with Gasteiger partial charge in [-0.3, -0.25) is 0 Å². The number of aliphatic hydroxyl groups is 1. The summed E-state index contributed by atoms with van der Waals surface area (Å²) in [4.78, 5) is 10.8. The number of nitrogens with one attached hydrogen (secondary N) is 1. The number of hydrogen-bond acceptors (Lipinski definition) is 7. The number of hydrogen-bond donors (Lipinski definition) is 3. The van der Waals surface area contributed by atoms with Crippen molar-refractivity contribution >= 4 is 21.7 Å². The predicted octanol–water partition coefficient (Wildman–Crippen LogP) is 1.12. The van der Waals surface area contributed by atoms with Gasteiger partial charge in [0.25, 0.3) is 0 Å². The Morgan fingerprint density at radius 3 is 2.70 bits per heavy atom. The monoisotopic (exact) mass is 391 g/mol. The van der Waals surface area contributed by atoms with Gasteiger partial charge in [0.1, 0.15) is 18.0 Å². The van der Waals surface area contributed by atoms with Crippen molar-refractivity contribution < 1.29 is 13.5 Å². The first kappa shape index (κ1) is 19.5. The zero-order valence-corrected chi connectivity index (χ0v) is 16.3. The number of primary sulfonamides is 1. The van der Waals surface area contributed by atoms with E-state index in [0.29, 0.717) is 12.4 Å². The number of anilines is 2. The van der Waals surface area contributed by atoms with E-state index in [2.05, 4.69) is 20.2 Å². The largest absolute Gasteiger partial charge is 0.394 e. The molecule has 0 saturated heterocycles. The Morgan fingerprint density at radius 2 is 2.04 bits per heavy atom. The van der Waals surface area contributed by atoms with Gasteiger partial charge in [0.2, 0.25) is 10.0 Å². The van der Waals surface area contributed by atoms with Crippen LogP contribution >= 0.6 is 0 Å². The molecule has 146 valence electrons. The van der Waals surface area contributed by atoms with Crippen molar-refractivity contribution in [2.75, 3.05) is 23.4 Å². The van der Waals surface area contributed by atoms with Gasteiger partial charge in [-0.15, -0.1) is 0 Å². The Bertz CT molecular complexity index is 917. The summed E-state index contributed by atoms with van der Waals surface area (Å²) >= 11 is 0. The van der Waals surface area contributed by atoms with Crippen molar-refractivity contribution in [3.05, 3.63) is 41.7 Å². The molecule has 1 aliphatic rings. The fraction of sp³-hybridized carbons (Fsp3) is 0.444. The first-order chi connectivity index (χ1) is 12.8. The molecule has 1 atom stereocenters. The number of sulfonamides is 1. The molecule has 3 rings (SSSR count). The van der Waals surface area contributed by atoms with Gasteiger partial charge < -0.3 is 15.3 Å². The first-order valence-electron chi connectivity index (χ1n) is 8.87. The molecule has 1 aromatic carbocycles. The van der Waals surface area contributed by atoms with E-state index in [1.54, 1.807) is 12.1 Å². The van der Waals surface area contributed by atoms with Crippen molar-refractivity contribution in [1.29, 1.82) is 0 Å². The molecule has 2 aromatic rings. The number of nitrogens with two attached hydrogens (primary N) is 1. The third kappa shape index (κ3) is 4.55. The van der Waals surface area contributed by atoms with Crippen molar-refractivity contribution in [2.45, 2.75) is 37.8 Å². The van der Waals surface area contributed by atoms with Crippen molar-refractivity contribution in [3.8, 4) is 0 Å². The molecule has 9 heteroatoms. The number of aromatic nitrogens is 2. The zero-order chi connectivity index (χ0) is 19.6. The maximum atomic E-state index is 11.6.